The quantitative estimate of drug-likeness (QED) is 0.459. The Balaban J connectivity index is 1.50. The van der Waals surface area contributed by atoms with Crippen molar-refractivity contribution in [3.8, 4) is 11.1 Å². The van der Waals surface area contributed by atoms with Crippen LogP contribution in [0.3, 0.4) is 0 Å². The fraction of sp³-hybridized carbons (Fsp3) is 0.308. The van der Waals surface area contributed by atoms with Crippen molar-refractivity contribution in [2.75, 3.05) is 6.61 Å². The number of ether oxygens (including phenoxy) is 1. The van der Waals surface area contributed by atoms with Gasteiger partial charge < -0.3 is 20.5 Å². The number of hydrogen-bond acceptors (Lipinski definition) is 5. The number of carboxylic acids is 1. The van der Waals surface area contributed by atoms with Crippen LogP contribution in [0, 0.1) is 5.92 Å². The molecular formula is C26H28N4O5. The van der Waals surface area contributed by atoms with Gasteiger partial charge in [0.1, 0.15) is 12.6 Å². The first kappa shape index (κ1) is 24.0. The maximum atomic E-state index is 13.1. The summed E-state index contributed by atoms with van der Waals surface area (Å²) in [4.78, 5) is 37.5. The second kappa shape index (κ2) is 10.0. The molecule has 0 saturated heterocycles. The van der Waals surface area contributed by atoms with Gasteiger partial charge in [-0.15, -0.1) is 0 Å². The Labute approximate surface area is 203 Å². The Morgan fingerprint density at radius 1 is 1.00 bits per heavy atom. The minimum Gasteiger partial charge on any atom is -0.480 e. The maximum Gasteiger partial charge on any atom is 0.408 e. The van der Waals surface area contributed by atoms with Crippen LogP contribution in [0.25, 0.3) is 11.1 Å². The molecule has 3 N–H and O–H groups in total. The van der Waals surface area contributed by atoms with E-state index in [2.05, 4.69) is 15.7 Å². The number of carboxylic acid groups (broad SMARTS) is 1. The van der Waals surface area contributed by atoms with Crippen molar-refractivity contribution in [1.29, 1.82) is 0 Å². The minimum atomic E-state index is -1.18. The number of fused-ring (bicyclic) bond motifs is 3. The molecule has 4 rings (SSSR count). The fourth-order valence-corrected chi connectivity index (χ4v) is 4.45. The van der Waals surface area contributed by atoms with Crippen molar-refractivity contribution >= 4 is 18.0 Å². The van der Waals surface area contributed by atoms with E-state index < -0.39 is 30.1 Å². The molecule has 1 aliphatic carbocycles. The molecule has 0 bridgehead atoms. The summed E-state index contributed by atoms with van der Waals surface area (Å²) in [6.07, 6.45) is 0.705. The molecule has 1 aliphatic rings. The number of carbonyl (C=O) groups is 3. The van der Waals surface area contributed by atoms with Crippen LogP contribution in [0.2, 0.25) is 0 Å². The van der Waals surface area contributed by atoms with E-state index in [9.17, 15) is 19.5 Å². The zero-order valence-corrected chi connectivity index (χ0v) is 19.8. The molecule has 2 aromatic carbocycles. The minimum absolute atomic E-state index is 0.0866. The number of aliphatic carboxylic acids is 1. The summed E-state index contributed by atoms with van der Waals surface area (Å²) in [7, 11) is 1.63. The van der Waals surface area contributed by atoms with Crippen LogP contribution in [-0.4, -0.2) is 45.5 Å². The summed E-state index contributed by atoms with van der Waals surface area (Å²) in [6, 6.07) is 15.3. The lowest BCUT2D eigenvalue weighted by Crippen LogP contribution is -2.49. The van der Waals surface area contributed by atoms with Crippen molar-refractivity contribution in [3.05, 3.63) is 77.6 Å². The summed E-state index contributed by atoms with van der Waals surface area (Å²) < 4.78 is 7.03. The second-order valence-electron chi connectivity index (χ2n) is 8.85. The molecule has 0 saturated carbocycles. The Bertz CT molecular complexity index is 1210. The molecule has 3 aromatic rings. The summed E-state index contributed by atoms with van der Waals surface area (Å²) in [6.45, 7) is 3.47. The number of rotatable bonds is 8. The molecule has 0 radical (unpaired) electrons. The van der Waals surface area contributed by atoms with Gasteiger partial charge in [-0.3, -0.25) is 9.48 Å². The molecule has 182 valence electrons. The first-order chi connectivity index (χ1) is 16.8. The molecule has 0 aliphatic heterocycles. The summed E-state index contributed by atoms with van der Waals surface area (Å²) in [5, 5.41) is 18.6. The number of amides is 2. The summed E-state index contributed by atoms with van der Waals surface area (Å²) in [5.74, 6) is -2.30. The van der Waals surface area contributed by atoms with Gasteiger partial charge in [0.25, 0.3) is 0 Å². The van der Waals surface area contributed by atoms with Gasteiger partial charge in [0.2, 0.25) is 5.91 Å². The van der Waals surface area contributed by atoms with Gasteiger partial charge in [-0.25, -0.2) is 9.59 Å². The first-order valence-electron chi connectivity index (χ1n) is 11.4. The third-order valence-electron chi connectivity index (χ3n) is 6.25. The highest BCUT2D eigenvalue weighted by atomic mass is 16.5. The molecule has 9 nitrogen and oxygen atoms in total. The van der Waals surface area contributed by atoms with E-state index in [1.807, 2.05) is 48.5 Å². The number of hydrogen-bond donors (Lipinski definition) is 3. The highest BCUT2D eigenvalue weighted by molar-refractivity contribution is 5.90. The van der Waals surface area contributed by atoms with Gasteiger partial charge in [-0.2, -0.15) is 5.10 Å². The molecule has 9 heteroatoms. The smallest absolute Gasteiger partial charge is 0.408 e. The monoisotopic (exact) mass is 476 g/mol. The average molecular weight is 477 g/mol. The van der Waals surface area contributed by atoms with Crippen LogP contribution in [0.1, 0.15) is 42.6 Å². The van der Waals surface area contributed by atoms with Gasteiger partial charge in [0.05, 0.1) is 5.69 Å². The molecule has 35 heavy (non-hydrogen) atoms. The van der Waals surface area contributed by atoms with Crippen LogP contribution in [0.5, 0.6) is 0 Å². The van der Waals surface area contributed by atoms with E-state index in [-0.39, 0.29) is 18.4 Å². The maximum absolute atomic E-state index is 13.1. The van der Waals surface area contributed by atoms with Crippen LogP contribution in [-0.2, 0) is 21.4 Å². The lowest BCUT2D eigenvalue weighted by Gasteiger charge is -2.23. The average Bonchev–Trinajstić information content (AvgIpc) is 3.40. The Kier molecular flexibility index (Phi) is 6.86. The standard InChI is InChI=1S/C26H28N4O5/c1-15(2)22(25(32)33)28-24(31)23(21-12-13-27-30(21)3)29-26(34)35-14-20-18-10-6-4-8-16(18)17-9-5-7-11-19(17)20/h4-13,15,20,22-23H,14H2,1-3H3,(H,28,31)(H,29,34)(H,32,33). The largest absolute Gasteiger partial charge is 0.480 e. The molecule has 1 aromatic heterocycles. The van der Waals surface area contributed by atoms with Gasteiger partial charge in [0, 0.05) is 19.2 Å². The number of nitrogens with one attached hydrogen (secondary N) is 2. The SMILES string of the molecule is CC(C)C(NC(=O)C(NC(=O)OCC1c2ccccc2-c2ccccc21)c1ccnn1C)C(=O)O. The molecule has 2 atom stereocenters. The lowest BCUT2D eigenvalue weighted by molar-refractivity contribution is -0.143. The Morgan fingerprint density at radius 2 is 1.60 bits per heavy atom. The van der Waals surface area contributed by atoms with Gasteiger partial charge in [-0.05, 0) is 34.2 Å². The van der Waals surface area contributed by atoms with Crippen molar-refractivity contribution in [2.45, 2.75) is 31.8 Å². The number of aryl methyl sites for hydroxylation is 1. The highest BCUT2D eigenvalue weighted by Gasteiger charge is 2.33. The molecule has 0 spiro atoms. The molecule has 0 fully saturated rings. The third kappa shape index (κ3) is 4.89. The molecule has 2 unspecified atom stereocenters. The number of benzene rings is 2. The van der Waals surface area contributed by atoms with Gasteiger partial charge >= 0.3 is 12.1 Å². The van der Waals surface area contributed by atoms with E-state index in [0.29, 0.717) is 5.69 Å². The van der Waals surface area contributed by atoms with Gasteiger partial charge in [0.15, 0.2) is 6.04 Å². The topological polar surface area (TPSA) is 123 Å². The summed E-state index contributed by atoms with van der Waals surface area (Å²) in [5.41, 5.74) is 4.76. The van der Waals surface area contributed by atoms with E-state index in [0.717, 1.165) is 22.3 Å². The molecular weight excluding hydrogens is 448 g/mol. The lowest BCUT2D eigenvalue weighted by atomic mass is 9.98. The third-order valence-corrected chi connectivity index (χ3v) is 6.25. The normalized spacial score (nSPS) is 14.1. The number of nitrogens with zero attached hydrogens (tertiary/aromatic N) is 2. The zero-order chi connectivity index (χ0) is 25.1. The van der Waals surface area contributed by atoms with E-state index >= 15 is 0 Å². The van der Waals surface area contributed by atoms with E-state index in [1.165, 1.54) is 10.9 Å². The summed E-state index contributed by atoms with van der Waals surface area (Å²) >= 11 is 0. The Hall–Kier alpha value is -4.14. The predicted octanol–water partition coefficient (Wildman–Crippen LogP) is 3.23. The molecule has 2 amide bonds. The predicted molar refractivity (Wildman–Crippen MR) is 129 cm³/mol. The van der Waals surface area contributed by atoms with Crippen molar-refractivity contribution in [1.82, 2.24) is 20.4 Å². The Morgan fingerprint density at radius 3 is 2.11 bits per heavy atom. The van der Waals surface area contributed by atoms with Crippen LogP contribution < -0.4 is 10.6 Å². The number of alkyl carbamates (subject to hydrolysis) is 1. The fourth-order valence-electron chi connectivity index (χ4n) is 4.45. The van der Waals surface area contributed by atoms with Crippen molar-refractivity contribution in [2.24, 2.45) is 13.0 Å². The van der Waals surface area contributed by atoms with Crippen LogP contribution in [0.15, 0.2) is 60.8 Å². The van der Waals surface area contributed by atoms with E-state index in [4.69, 9.17) is 4.74 Å². The molecule has 1 heterocycles. The van der Waals surface area contributed by atoms with Crippen LogP contribution in [0.4, 0.5) is 4.79 Å². The van der Waals surface area contributed by atoms with E-state index in [1.54, 1.807) is 27.0 Å². The van der Waals surface area contributed by atoms with Crippen LogP contribution >= 0.6 is 0 Å². The highest BCUT2D eigenvalue weighted by Crippen LogP contribution is 2.44. The number of carbonyl (C=O) groups excluding carboxylic acids is 2. The first-order valence-corrected chi connectivity index (χ1v) is 11.4. The zero-order valence-electron chi connectivity index (χ0n) is 19.8. The van der Waals surface area contributed by atoms with Gasteiger partial charge in [-0.1, -0.05) is 62.4 Å². The second-order valence-corrected chi connectivity index (χ2v) is 8.85. The van der Waals surface area contributed by atoms with Crippen molar-refractivity contribution in [3.63, 3.8) is 0 Å². The van der Waals surface area contributed by atoms with Crippen molar-refractivity contribution < 1.29 is 24.2 Å². The number of aromatic nitrogens is 2.